The second-order valence-corrected chi connectivity index (χ2v) is 4.63. The average Bonchev–Trinajstić information content (AvgIpc) is 2.86. The van der Waals surface area contributed by atoms with Crippen molar-refractivity contribution in [2.75, 3.05) is 12.5 Å². The third-order valence-corrected chi connectivity index (χ3v) is 3.28. The molecule has 4 nitrogen and oxygen atoms in total. The number of fused-ring (bicyclic) bond motifs is 1. The highest BCUT2D eigenvalue weighted by Gasteiger charge is 2.19. The van der Waals surface area contributed by atoms with Crippen LogP contribution in [0.2, 0.25) is 0 Å². The van der Waals surface area contributed by atoms with Gasteiger partial charge < -0.3 is 20.9 Å². The van der Waals surface area contributed by atoms with E-state index in [0.29, 0.717) is 17.2 Å². The quantitative estimate of drug-likeness (QED) is 0.826. The van der Waals surface area contributed by atoms with Crippen molar-refractivity contribution in [1.82, 2.24) is 0 Å². The maximum Gasteiger partial charge on any atom is 0.231 e. The lowest BCUT2D eigenvalue weighted by Gasteiger charge is -2.15. The molecule has 1 atom stereocenters. The third-order valence-electron chi connectivity index (χ3n) is 3.28. The molecule has 0 amide bonds. The van der Waals surface area contributed by atoms with Crippen LogP contribution >= 0.6 is 0 Å². The van der Waals surface area contributed by atoms with Crippen LogP contribution < -0.4 is 20.9 Å². The van der Waals surface area contributed by atoms with Crippen molar-refractivity contribution in [3.8, 4) is 11.5 Å². The largest absolute Gasteiger partial charge is 0.454 e. The Bertz CT molecular complexity index is 584. The summed E-state index contributed by atoms with van der Waals surface area (Å²) in [4.78, 5) is 0. The van der Waals surface area contributed by atoms with E-state index in [9.17, 15) is 0 Å². The van der Waals surface area contributed by atoms with Crippen LogP contribution in [-0.4, -0.2) is 6.79 Å². The van der Waals surface area contributed by atoms with Crippen molar-refractivity contribution in [2.45, 2.75) is 12.5 Å². The number of nitrogen functional groups attached to an aromatic ring is 1. The summed E-state index contributed by atoms with van der Waals surface area (Å²) in [6, 6.07) is 13.6. The number of nitrogens with two attached hydrogens (primary N) is 2. The van der Waals surface area contributed by atoms with E-state index in [1.54, 1.807) is 6.07 Å². The van der Waals surface area contributed by atoms with E-state index in [1.807, 2.05) is 24.3 Å². The molecular formula is C15H16N2O2. The smallest absolute Gasteiger partial charge is 0.231 e. The van der Waals surface area contributed by atoms with Gasteiger partial charge in [-0.25, -0.2) is 0 Å². The van der Waals surface area contributed by atoms with Crippen LogP contribution in [0.1, 0.15) is 17.2 Å². The lowest BCUT2D eigenvalue weighted by Crippen LogP contribution is -2.15. The van der Waals surface area contributed by atoms with Crippen LogP contribution in [0.3, 0.4) is 0 Å². The number of hydrogen-bond acceptors (Lipinski definition) is 4. The van der Waals surface area contributed by atoms with Crippen molar-refractivity contribution in [3.05, 3.63) is 53.6 Å². The fraction of sp³-hybridized carbons (Fsp3) is 0.200. The van der Waals surface area contributed by atoms with Gasteiger partial charge in [0, 0.05) is 17.8 Å². The Hall–Kier alpha value is -2.20. The van der Waals surface area contributed by atoms with Gasteiger partial charge in [-0.1, -0.05) is 30.3 Å². The van der Waals surface area contributed by atoms with Crippen LogP contribution in [-0.2, 0) is 6.42 Å². The molecule has 2 aromatic rings. The highest BCUT2D eigenvalue weighted by atomic mass is 16.7. The van der Waals surface area contributed by atoms with Crippen LogP contribution in [0.4, 0.5) is 5.69 Å². The van der Waals surface area contributed by atoms with Gasteiger partial charge in [-0.3, -0.25) is 0 Å². The molecule has 0 spiro atoms. The first-order valence-corrected chi connectivity index (χ1v) is 6.22. The second kappa shape index (κ2) is 4.82. The molecule has 2 aromatic carbocycles. The molecule has 0 aromatic heterocycles. The lowest BCUT2D eigenvalue weighted by atomic mass is 9.98. The Kier molecular flexibility index (Phi) is 3.01. The molecule has 0 bridgehead atoms. The van der Waals surface area contributed by atoms with Crippen LogP contribution in [0, 0.1) is 0 Å². The van der Waals surface area contributed by atoms with Crippen molar-refractivity contribution in [1.29, 1.82) is 0 Å². The van der Waals surface area contributed by atoms with E-state index < -0.39 is 0 Å². The van der Waals surface area contributed by atoms with E-state index in [-0.39, 0.29) is 12.8 Å². The van der Waals surface area contributed by atoms with Gasteiger partial charge in [0.05, 0.1) is 0 Å². The minimum atomic E-state index is -0.156. The fourth-order valence-corrected chi connectivity index (χ4v) is 2.27. The molecule has 98 valence electrons. The molecule has 0 radical (unpaired) electrons. The van der Waals surface area contributed by atoms with Crippen LogP contribution in [0.25, 0.3) is 0 Å². The van der Waals surface area contributed by atoms with E-state index in [0.717, 1.165) is 12.0 Å². The van der Waals surface area contributed by atoms with E-state index in [4.69, 9.17) is 20.9 Å². The minimum Gasteiger partial charge on any atom is -0.454 e. The molecule has 19 heavy (non-hydrogen) atoms. The molecule has 0 fully saturated rings. The zero-order valence-electron chi connectivity index (χ0n) is 10.5. The van der Waals surface area contributed by atoms with Crippen molar-refractivity contribution >= 4 is 5.69 Å². The van der Waals surface area contributed by atoms with Gasteiger partial charge in [0.15, 0.2) is 11.5 Å². The minimum absolute atomic E-state index is 0.156. The molecule has 1 aliphatic heterocycles. The third kappa shape index (κ3) is 2.35. The van der Waals surface area contributed by atoms with E-state index in [1.165, 1.54) is 5.56 Å². The van der Waals surface area contributed by atoms with Crippen molar-refractivity contribution in [2.24, 2.45) is 5.73 Å². The Morgan fingerprint density at radius 2 is 1.74 bits per heavy atom. The molecule has 3 rings (SSSR count). The van der Waals surface area contributed by atoms with Gasteiger partial charge in [0.25, 0.3) is 0 Å². The molecule has 1 unspecified atom stereocenters. The van der Waals surface area contributed by atoms with Gasteiger partial charge in [0.2, 0.25) is 6.79 Å². The highest BCUT2D eigenvalue weighted by molar-refractivity contribution is 5.59. The predicted octanol–water partition coefficient (Wildman–Crippen LogP) is 2.24. The maximum atomic E-state index is 6.25. The predicted molar refractivity (Wildman–Crippen MR) is 74.1 cm³/mol. The number of ether oxygens (including phenoxy) is 2. The zero-order chi connectivity index (χ0) is 13.2. The summed E-state index contributed by atoms with van der Waals surface area (Å²) in [7, 11) is 0. The highest BCUT2D eigenvalue weighted by Crippen LogP contribution is 2.38. The van der Waals surface area contributed by atoms with Crippen molar-refractivity contribution < 1.29 is 9.47 Å². The summed E-state index contributed by atoms with van der Waals surface area (Å²) in [5, 5.41) is 0. The molecule has 1 heterocycles. The lowest BCUT2D eigenvalue weighted by molar-refractivity contribution is 0.174. The Morgan fingerprint density at radius 3 is 2.47 bits per heavy atom. The molecule has 4 heteroatoms. The maximum absolute atomic E-state index is 6.25. The van der Waals surface area contributed by atoms with E-state index >= 15 is 0 Å². The summed E-state index contributed by atoms with van der Waals surface area (Å²) in [6.07, 6.45) is 0.741. The molecule has 0 saturated carbocycles. The summed E-state index contributed by atoms with van der Waals surface area (Å²) < 4.78 is 10.7. The van der Waals surface area contributed by atoms with Gasteiger partial charge in [-0.15, -0.1) is 0 Å². The van der Waals surface area contributed by atoms with Crippen molar-refractivity contribution in [3.63, 3.8) is 0 Å². The summed E-state index contributed by atoms with van der Waals surface area (Å²) in [5.74, 6) is 1.40. The zero-order valence-corrected chi connectivity index (χ0v) is 10.5. The van der Waals surface area contributed by atoms with Gasteiger partial charge in [-0.05, 0) is 23.6 Å². The second-order valence-electron chi connectivity index (χ2n) is 4.63. The van der Waals surface area contributed by atoms with Gasteiger partial charge in [-0.2, -0.15) is 0 Å². The van der Waals surface area contributed by atoms with Crippen LogP contribution in [0.5, 0.6) is 11.5 Å². The number of benzene rings is 2. The molecule has 4 N–H and O–H groups in total. The average molecular weight is 256 g/mol. The normalized spacial score (nSPS) is 14.4. The summed E-state index contributed by atoms with van der Waals surface area (Å²) >= 11 is 0. The van der Waals surface area contributed by atoms with Crippen LogP contribution in [0.15, 0.2) is 42.5 Å². The topological polar surface area (TPSA) is 70.5 Å². The molecule has 0 aliphatic carbocycles. The van der Waals surface area contributed by atoms with Gasteiger partial charge >= 0.3 is 0 Å². The first-order valence-electron chi connectivity index (χ1n) is 6.22. The standard InChI is InChI=1S/C15H16N2O2/c16-12(6-10-4-2-1-3-5-10)11-7-14-15(8-13(11)17)19-9-18-14/h1-5,7-8,12H,6,9,16-17H2. The molecule has 0 saturated heterocycles. The Labute approximate surface area is 111 Å². The fourth-order valence-electron chi connectivity index (χ4n) is 2.27. The number of hydrogen-bond donors (Lipinski definition) is 2. The summed E-state index contributed by atoms with van der Waals surface area (Å²) in [5.41, 5.74) is 15.0. The first kappa shape index (κ1) is 11.9. The summed E-state index contributed by atoms with van der Waals surface area (Å²) in [6.45, 7) is 0.242. The number of anilines is 1. The Morgan fingerprint density at radius 1 is 1.05 bits per heavy atom. The van der Waals surface area contributed by atoms with Gasteiger partial charge in [0.1, 0.15) is 0 Å². The molecule has 1 aliphatic rings. The molecular weight excluding hydrogens is 240 g/mol. The number of rotatable bonds is 3. The first-order chi connectivity index (χ1) is 9.24. The SMILES string of the molecule is Nc1cc2c(cc1C(N)Cc1ccccc1)OCO2. The monoisotopic (exact) mass is 256 g/mol. The Balaban J connectivity index is 1.86. The van der Waals surface area contributed by atoms with E-state index in [2.05, 4.69) is 12.1 Å².